The first-order chi connectivity index (χ1) is 53.6. The number of amides is 13. The Morgan fingerprint density at radius 2 is 1.04 bits per heavy atom. The highest BCUT2D eigenvalue weighted by atomic mass is 16.3. The molecule has 2 heterocycles. The second kappa shape index (κ2) is 52.4. The number of carbonyl (C=O) groups is 13. The lowest BCUT2D eigenvalue weighted by molar-refractivity contribution is -0.136. The van der Waals surface area contributed by atoms with Gasteiger partial charge in [-0.25, -0.2) is 0 Å². The lowest BCUT2D eigenvalue weighted by Gasteiger charge is -2.41. The fourth-order valence-electron chi connectivity index (χ4n) is 13.1. The molecule has 1 fully saturated rings. The van der Waals surface area contributed by atoms with Crippen molar-refractivity contribution in [3.05, 3.63) is 65.7 Å². The zero-order valence-corrected chi connectivity index (χ0v) is 66.4. The van der Waals surface area contributed by atoms with Crippen LogP contribution in [0.5, 0.6) is 0 Å². The molecule has 2 aromatic carbocycles. The maximum absolute atomic E-state index is 14.8. The zero-order chi connectivity index (χ0) is 82.7. The van der Waals surface area contributed by atoms with Gasteiger partial charge in [0.05, 0.1) is 31.8 Å². The molecule has 35 nitrogen and oxygen atoms in total. The summed E-state index contributed by atoms with van der Waals surface area (Å²) in [5.41, 5.74) is 36.7. The van der Waals surface area contributed by atoms with Gasteiger partial charge in [-0.1, -0.05) is 82.6 Å². The van der Waals surface area contributed by atoms with Crippen molar-refractivity contribution in [1.82, 2.24) is 74.4 Å². The van der Waals surface area contributed by atoms with Gasteiger partial charge in [-0.05, 0) is 211 Å². The summed E-state index contributed by atoms with van der Waals surface area (Å²) in [6, 6.07) is 2.53. The van der Waals surface area contributed by atoms with Crippen LogP contribution in [0.3, 0.4) is 0 Å². The highest BCUT2D eigenvalue weighted by Crippen LogP contribution is 2.30. The SMILES string of the molecule is CCC(C)C(NC(=O)CN)C(=O)NCC(=O)NC(CCCCN)C(=O)NC(Cc1ccccc1)C(=O)NC(CC(C)C)C(=O)NC(CCCCN)C(=O)NC(CCCCN)C(=O)NC(C)C(=O)NC1CCCCNC(C)NC(=O)C(CCCCN)NC(=O)CN2c3ccccc3CC(NC(=O)C(CCCCN)NC1=O)C2O. The van der Waals surface area contributed by atoms with Gasteiger partial charge < -0.3 is 114 Å². The molecule has 2 aliphatic rings. The highest BCUT2D eigenvalue weighted by Gasteiger charge is 2.40. The van der Waals surface area contributed by atoms with E-state index in [0.29, 0.717) is 113 Å². The molecule has 1 saturated heterocycles. The van der Waals surface area contributed by atoms with Gasteiger partial charge in [0.2, 0.25) is 76.8 Å². The molecule has 2 aromatic rings. The molecule has 2 bridgehead atoms. The summed E-state index contributed by atoms with van der Waals surface area (Å²) in [5.74, 6) is -9.56. The number of para-hydroxylation sites is 1. The van der Waals surface area contributed by atoms with Crippen LogP contribution in [0.2, 0.25) is 0 Å². The van der Waals surface area contributed by atoms with Crippen LogP contribution >= 0.6 is 0 Å². The summed E-state index contributed by atoms with van der Waals surface area (Å²) >= 11 is 0. The number of hydrogen-bond acceptors (Lipinski definition) is 22. The fourth-order valence-corrected chi connectivity index (χ4v) is 13.1. The lowest BCUT2D eigenvalue weighted by atomic mass is 9.95. The minimum absolute atomic E-state index is 0.0262. The van der Waals surface area contributed by atoms with Crippen molar-refractivity contribution in [1.29, 1.82) is 0 Å². The van der Waals surface area contributed by atoms with Crippen molar-refractivity contribution < 1.29 is 67.4 Å². The van der Waals surface area contributed by atoms with Gasteiger partial charge >= 0.3 is 0 Å². The largest absolute Gasteiger partial charge is 0.371 e. The number of nitrogens with one attached hydrogen (secondary N) is 14. The van der Waals surface area contributed by atoms with E-state index < -0.39 is 162 Å². The quantitative estimate of drug-likeness (QED) is 0.0294. The molecule has 628 valence electrons. The van der Waals surface area contributed by atoms with Crippen LogP contribution in [0.4, 0.5) is 5.69 Å². The van der Waals surface area contributed by atoms with E-state index in [1.165, 1.54) is 11.8 Å². The third-order valence-electron chi connectivity index (χ3n) is 19.8. The second-order valence-corrected chi connectivity index (χ2v) is 29.6. The summed E-state index contributed by atoms with van der Waals surface area (Å²) in [7, 11) is 0. The highest BCUT2D eigenvalue weighted by molar-refractivity contribution is 5.99. The number of fused-ring (bicyclic) bond motifs is 4. The normalized spacial score (nSPS) is 20.0. The third-order valence-corrected chi connectivity index (χ3v) is 19.8. The van der Waals surface area contributed by atoms with Crippen LogP contribution in [-0.4, -0.2) is 220 Å². The van der Waals surface area contributed by atoms with E-state index in [-0.39, 0.29) is 109 Å². The van der Waals surface area contributed by atoms with Crippen LogP contribution in [0.15, 0.2) is 54.6 Å². The van der Waals surface area contributed by atoms with Gasteiger partial charge in [0.25, 0.3) is 0 Å². The third kappa shape index (κ3) is 34.2. The maximum atomic E-state index is 14.8. The molecule has 14 unspecified atom stereocenters. The van der Waals surface area contributed by atoms with Gasteiger partial charge in [0.15, 0.2) is 0 Å². The van der Waals surface area contributed by atoms with Crippen molar-refractivity contribution >= 4 is 82.5 Å². The number of unbranched alkanes of at least 4 members (excludes halogenated alkanes) is 5. The van der Waals surface area contributed by atoms with E-state index in [9.17, 15) is 67.4 Å². The van der Waals surface area contributed by atoms with Crippen LogP contribution in [0.25, 0.3) is 0 Å². The number of anilines is 1. The summed E-state index contributed by atoms with van der Waals surface area (Å²) in [6.07, 6.45) is 4.34. The average Bonchev–Trinajstić information content (AvgIpc) is 0.789. The Morgan fingerprint density at radius 3 is 1.62 bits per heavy atom. The molecule has 0 radical (unpaired) electrons. The molecular weight excluding hydrogens is 1440 g/mol. The number of aliphatic hydroxyl groups excluding tert-OH is 1. The summed E-state index contributed by atoms with van der Waals surface area (Å²) in [6.45, 7) is 10.8. The van der Waals surface area contributed by atoms with Gasteiger partial charge in [0.1, 0.15) is 66.6 Å². The van der Waals surface area contributed by atoms with Crippen molar-refractivity contribution in [2.24, 2.45) is 46.2 Å². The molecule has 112 heavy (non-hydrogen) atoms. The number of aliphatic hydroxyl groups is 1. The first-order valence-corrected chi connectivity index (χ1v) is 40.0. The molecule has 27 N–H and O–H groups in total. The standard InChI is InChI=1S/C77H131N21O14/c1-7-48(4)66(97-63(99)44-83)76(111)85-45-64(100)88-54(29-14-20-36-79)70(105)95-60(42-51-25-9-8-10-26-51)75(110)94-59(41-47(2)3)74(109)93-57(31-16-22-38-81)72(107)91-55(30-15-21-37-80)68(103)86-49(5)67(102)90-56-33-18-24-40-84-50(6)87-69(104)53(28-13-19-35-78)89-65(101)46-98-62-34-12-11-27-52(62)43-61(77(98)112)96-73(108)58(92-71(56)106)32-17-23-39-82/h8-12,25-27,34,47-50,53-61,66,77,84,112H,7,13-24,28-33,35-46,78-83H2,1-6H3,(H,85,111)(H,86,103)(H,87,104)(H,88,100)(H,89,101)(H,90,102)(H,91,107)(H,92,106)(H,93,109)(H,94,110)(H,95,105)(H,96,108)(H,97,99). The van der Waals surface area contributed by atoms with Crippen LogP contribution < -0.4 is 114 Å². The molecule has 35 heteroatoms. The average molecular weight is 1580 g/mol. The molecule has 14 atom stereocenters. The number of nitrogens with two attached hydrogens (primary N) is 6. The summed E-state index contributed by atoms with van der Waals surface area (Å²) in [5, 5.41) is 51.2. The topological polar surface area (TPSA) is 570 Å². The predicted molar refractivity (Wildman–Crippen MR) is 426 cm³/mol. The van der Waals surface area contributed by atoms with Gasteiger partial charge in [-0.15, -0.1) is 0 Å². The maximum Gasteiger partial charge on any atom is 0.243 e. The monoisotopic (exact) mass is 1570 g/mol. The van der Waals surface area contributed by atoms with Crippen LogP contribution in [-0.2, 0) is 75.2 Å². The predicted octanol–water partition coefficient (Wildman–Crippen LogP) is -2.99. The van der Waals surface area contributed by atoms with Crippen LogP contribution in [0, 0.1) is 11.8 Å². The molecule has 2 aliphatic heterocycles. The Labute approximate surface area is 659 Å². The van der Waals surface area contributed by atoms with Crippen molar-refractivity contribution in [3.63, 3.8) is 0 Å². The molecule has 0 aliphatic carbocycles. The zero-order valence-electron chi connectivity index (χ0n) is 66.4. The van der Waals surface area contributed by atoms with Crippen LogP contribution in [0.1, 0.15) is 181 Å². The Hall–Kier alpha value is -8.97. The van der Waals surface area contributed by atoms with Gasteiger partial charge in [0, 0.05) is 12.1 Å². The molecule has 4 rings (SSSR count). The van der Waals surface area contributed by atoms with Crippen molar-refractivity contribution in [2.45, 2.75) is 262 Å². The summed E-state index contributed by atoms with van der Waals surface area (Å²) < 4.78 is 0. The number of hydrogen-bond donors (Lipinski definition) is 21. The van der Waals surface area contributed by atoms with E-state index in [1.54, 1.807) is 62.4 Å². The minimum atomic E-state index is -1.45. The Kier molecular flexibility index (Phi) is 44.6. The van der Waals surface area contributed by atoms with E-state index >= 15 is 0 Å². The number of carbonyl (C=O) groups excluding carboxylic acids is 13. The fraction of sp³-hybridized carbons (Fsp3) is 0.675. The minimum Gasteiger partial charge on any atom is -0.371 e. The van der Waals surface area contributed by atoms with Crippen molar-refractivity contribution in [3.8, 4) is 0 Å². The Bertz CT molecular complexity index is 3300. The van der Waals surface area contributed by atoms with E-state index in [0.717, 1.165) is 0 Å². The second-order valence-electron chi connectivity index (χ2n) is 29.6. The molecular formula is C77H131N21O14. The number of rotatable bonds is 44. The summed E-state index contributed by atoms with van der Waals surface area (Å²) in [4.78, 5) is 185. The van der Waals surface area contributed by atoms with Gasteiger partial charge in [-0.2, -0.15) is 0 Å². The first kappa shape index (κ1) is 95.4. The first-order valence-electron chi connectivity index (χ1n) is 40.0. The van der Waals surface area contributed by atoms with E-state index in [1.807, 2.05) is 26.8 Å². The molecule has 0 aromatic heterocycles. The molecule has 0 spiro atoms. The Balaban J connectivity index is 1.60. The number of nitrogens with zero attached hydrogens (tertiary/aromatic N) is 1. The molecule has 0 saturated carbocycles. The van der Waals surface area contributed by atoms with E-state index in [2.05, 4.69) is 74.4 Å². The Morgan fingerprint density at radius 1 is 0.536 bits per heavy atom. The lowest BCUT2D eigenvalue weighted by Crippen LogP contribution is -2.62. The van der Waals surface area contributed by atoms with E-state index in [4.69, 9.17) is 34.4 Å². The van der Waals surface area contributed by atoms with Gasteiger partial charge in [-0.3, -0.25) is 67.6 Å². The van der Waals surface area contributed by atoms with Crippen molar-refractivity contribution in [2.75, 3.05) is 63.8 Å². The smallest absolute Gasteiger partial charge is 0.243 e. The number of benzene rings is 2. The molecule has 13 amide bonds.